The van der Waals surface area contributed by atoms with Crippen molar-refractivity contribution in [2.24, 2.45) is 0 Å². The van der Waals surface area contributed by atoms with E-state index < -0.39 is 0 Å². The summed E-state index contributed by atoms with van der Waals surface area (Å²) in [5, 5.41) is 5.93. The van der Waals surface area contributed by atoms with Crippen LogP contribution < -0.4 is 20.1 Å². The van der Waals surface area contributed by atoms with Gasteiger partial charge in [-0.3, -0.25) is 4.79 Å². The van der Waals surface area contributed by atoms with Crippen molar-refractivity contribution in [2.75, 3.05) is 33.9 Å². The summed E-state index contributed by atoms with van der Waals surface area (Å²) in [7, 11) is 3.51. The molecule has 1 aromatic carbocycles. The minimum absolute atomic E-state index is 0. The highest BCUT2D eigenvalue weighted by Gasteiger charge is 2.17. The zero-order chi connectivity index (χ0) is 14.4. The Balaban J connectivity index is 0.00000220. The van der Waals surface area contributed by atoms with Gasteiger partial charge in [-0.15, -0.1) is 12.4 Å². The Hall–Kier alpha value is -1.72. The minimum atomic E-state index is -0.0745. The molecular weight excluding hydrogens is 292 g/mol. The average Bonchev–Trinajstić information content (AvgIpc) is 2.50. The number of halogens is 1. The van der Waals surface area contributed by atoms with Crippen LogP contribution in [0.25, 0.3) is 6.08 Å². The lowest BCUT2D eigenvalue weighted by Gasteiger charge is -2.18. The Morgan fingerprint density at radius 2 is 2.19 bits per heavy atom. The zero-order valence-electron chi connectivity index (χ0n) is 12.3. The average molecular weight is 313 g/mol. The summed E-state index contributed by atoms with van der Waals surface area (Å²) in [6, 6.07) is 5.56. The molecule has 2 N–H and O–H groups in total. The van der Waals surface area contributed by atoms with E-state index in [4.69, 9.17) is 9.47 Å². The molecule has 0 saturated heterocycles. The molecule has 1 aliphatic rings. The summed E-state index contributed by atoms with van der Waals surface area (Å²) in [5.74, 6) is 1.45. The highest BCUT2D eigenvalue weighted by Crippen LogP contribution is 2.29. The predicted molar refractivity (Wildman–Crippen MR) is 85.3 cm³/mol. The third-order valence-electron chi connectivity index (χ3n) is 3.11. The van der Waals surface area contributed by atoms with E-state index in [1.54, 1.807) is 7.11 Å². The number of carbonyl (C=O) groups excluding carboxylic acids is 1. The van der Waals surface area contributed by atoms with Gasteiger partial charge in [0.25, 0.3) is 5.91 Å². The number of carbonyl (C=O) groups is 1. The maximum atomic E-state index is 12.0. The maximum absolute atomic E-state index is 12.0. The molecule has 0 unspecified atom stereocenters. The number of ether oxygens (including phenoxy) is 2. The first-order chi connectivity index (χ1) is 9.74. The Morgan fingerprint density at radius 3 is 2.90 bits per heavy atom. The van der Waals surface area contributed by atoms with Crippen molar-refractivity contribution in [3.63, 3.8) is 0 Å². The minimum Gasteiger partial charge on any atom is -0.497 e. The van der Waals surface area contributed by atoms with Crippen LogP contribution in [0, 0.1) is 0 Å². The molecule has 1 heterocycles. The third-order valence-corrected chi connectivity index (χ3v) is 3.11. The fourth-order valence-corrected chi connectivity index (χ4v) is 1.99. The van der Waals surface area contributed by atoms with Gasteiger partial charge in [0.2, 0.25) is 0 Å². The molecule has 0 radical (unpaired) electrons. The number of rotatable bonds is 6. The van der Waals surface area contributed by atoms with E-state index in [0.717, 1.165) is 30.0 Å². The first-order valence-electron chi connectivity index (χ1n) is 6.69. The number of methoxy groups -OCH3 is 1. The summed E-state index contributed by atoms with van der Waals surface area (Å²) in [5.41, 5.74) is 1.51. The van der Waals surface area contributed by atoms with Gasteiger partial charge in [0.15, 0.2) is 0 Å². The lowest BCUT2D eigenvalue weighted by Crippen LogP contribution is -2.30. The molecule has 21 heavy (non-hydrogen) atoms. The van der Waals surface area contributed by atoms with Gasteiger partial charge < -0.3 is 20.1 Å². The number of hydrogen-bond acceptors (Lipinski definition) is 4. The van der Waals surface area contributed by atoms with E-state index in [9.17, 15) is 4.79 Å². The number of fused-ring (bicyclic) bond motifs is 1. The van der Waals surface area contributed by atoms with E-state index in [-0.39, 0.29) is 18.3 Å². The fourth-order valence-electron chi connectivity index (χ4n) is 1.99. The molecular formula is C15H21ClN2O3. The Labute approximate surface area is 131 Å². The summed E-state index contributed by atoms with van der Waals surface area (Å²) < 4.78 is 10.8. The van der Waals surface area contributed by atoms with Crippen molar-refractivity contribution in [3.05, 3.63) is 29.3 Å². The molecule has 0 aromatic heterocycles. The highest BCUT2D eigenvalue weighted by molar-refractivity contribution is 5.99. The van der Waals surface area contributed by atoms with E-state index in [2.05, 4.69) is 10.6 Å². The van der Waals surface area contributed by atoms with Gasteiger partial charge in [0, 0.05) is 12.1 Å². The van der Waals surface area contributed by atoms with Gasteiger partial charge in [-0.2, -0.15) is 0 Å². The van der Waals surface area contributed by atoms with Crippen LogP contribution >= 0.6 is 12.4 Å². The second kappa shape index (κ2) is 8.54. The normalized spacial score (nSPS) is 12.4. The topological polar surface area (TPSA) is 59.6 Å². The van der Waals surface area contributed by atoms with Gasteiger partial charge in [-0.25, -0.2) is 0 Å². The number of nitrogens with one attached hydrogen (secondary N) is 2. The standard InChI is InChI=1S/C15H20N2O3.ClH/c1-16-6-3-7-17-15(18)12-8-11-9-13(19-2)4-5-14(11)20-10-12;/h4-5,8-9,16H,3,6-7,10H2,1-2H3,(H,17,18);1H. The first-order valence-corrected chi connectivity index (χ1v) is 6.69. The summed E-state index contributed by atoms with van der Waals surface area (Å²) >= 11 is 0. The molecule has 2 rings (SSSR count). The number of hydrogen-bond donors (Lipinski definition) is 2. The second-order valence-corrected chi connectivity index (χ2v) is 4.58. The first kappa shape index (κ1) is 17.3. The summed E-state index contributed by atoms with van der Waals surface area (Å²) in [4.78, 5) is 12.0. The van der Waals surface area contributed by atoms with Gasteiger partial charge >= 0.3 is 0 Å². The van der Waals surface area contributed by atoms with Crippen LogP contribution in [0.2, 0.25) is 0 Å². The Kier molecular flexibility index (Phi) is 7.05. The Bertz CT molecular complexity index is 518. The molecule has 0 aliphatic carbocycles. The molecule has 0 spiro atoms. The van der Waals surface area contributed by atoms with Crippen molar-refractivity contribution in [2.45, 2.75) is 6.42 Å². The highest BCUT2D eigenvalue weighted by atomic mass is 35.5. The lowest BCUT2D eigenvalue weighted by atomic mass is 10.1. The van der Waals surface area contributed by atoms with Gasteiger partial charge in [-0.05, 0) is 44.3 Å². The SMILES string of the molecule is CNCCCNC(=O)C1=Cc2cc(OC)ccc2OC1.Cl. The van der Waals surface area contributed by atoms with Crippen LogP contribution in [-0.2, 0) is 4.79 Å². The third kappa shape index (κ3) is 4.65. The molecule has 0 atom stereocenters. The van der Waals surface area contributed by atoms with Crippen LogP contribution in [0.15, 0.2) is 23.8 Å². The lowest BCUT2D eigenvalue weighted by molar-refractivity contribution is -0.117. The van der Waals surface area contributed by atoms with Crippen molar-refractivity contribution >= 4 is 24.4 Å². The summed E-state index contributed by atoms with van der Waals surface area (Å²) in [6.45, 7) is 1.84. The molecule has 1 amide bonds. The van der Waals surface area contributed by atoms with E-state index in [0.29, 0.717) is 18.7 Å². The second-order valence-electron chi connectivity index (χ2n) is 4.58. The largest absolute Gasteiger partial charge is 0.497 e. The molecule has 0 bridgehead atoms. The zero-order valence-corrected chi connectivity index (χ0v) is 13.1. The van der Waals surface area contributed by atoms with Gasteiger partial charge in [0.05, 0.1) is 12.7 Å². The predicted octanol–water partition coefficient (Wildman–Crippen LogP) is 1.62. The van der Waals surface area contributed by atoms with Gasteiger partial charge in [0.1, 0.15) is 18.1 Å². The molecule has 6 heteroatoms. The van der Waals surface area contributed by atoms with Gasteiger partial charge in [-0.1, -0.05) is 0 Å². The number of amides is 1. The quantitative estimate of drug-likeness (QED) is 0.784. The van der Waals surface area contributed by atoms with E-state index >= 15 is 0 Å². The number of benzene rings is 1. The fraction of sp³-hybridized carbons (Fsp3) is 0.400. The van der Waals surface area contributed by atoms with Crippen molar-refractivity contribution in [1.82, 2.24) is 10.6 Å². The smallest absolute Gasteiger partial charge is 0.250 e. The maximum Gasteiger partial charge on any atom is 0.250 e. The van der Waals surface area contributed by atoms with Crippen molar-refractivity contribution in [3.8, 4) is 11.5 Å². The monoisotopic (exact) mass is 312 g/mol. The van der Waals surface area contributed by atoms with Crippen LogP contribution in [0.1, 0.15) is 12.0 Å². The van der Waals surface area contributed by atoms with E-state index in [1.807, 2.05) is 31.3 Å². The van der Waals surface area contributed by atoms with Crippen LogP contribution in [0.4, 0.5) is 0 Å². The molecule has 1 aromatic rings. The van der Waals surface area contributed by atoms with Crippen molar-refractivity contribution in [1.29, 1.82) is 0 Å². The molecule has 5 nitrogen and oxygen atoms in total. The van der Waals surface area contributed by atoms with E-state index in [1.165, 1.54) is 0 Å². The van der Waals surface area contributed by atoms with Crippen molar-refractivity contribution < 1.29 is 14.3 Å². The molecule has 0 saturated carbocycles. The Morgan fingerprint density at radius 1 is 1.38 bits per heavy atom. The van der Waals surface area contributed by atoms with Crippen LogP contribution in [0.3, 0.4) is 0 Å². The van der Waals surface area contributed by atoms with Crippen LogP contribution in [0.5, 0.6) is 11.5 Å². The molecule has 1 aliphatic heterocycles. The molecule has 116 valence electrons. The van der Waals surface area contributed by atoms with Crippen LogP contribution in [-0.4, -0.2) is 39.8 Å². The summed E-state index contributed by atoms with van der Waals surface area (Å²) in [6.07, 6.45) is 2.76. The molecule has 0 fully saturated rings.